The van der Waals surface area contributed by atoms with Crippen LogP contribution in [0.4, 0.5) is 4.39 Å². The molecular formula is C18H22FN3O2. The minimum Gasteiger partial charge on any atom is -0.494 e. The predicted molar refractivity (Wildman–Crippen MR) is 90.6 cm³/mol. The highest BCUT2D eigenvalue weighted by atomic mass is 19.1. The summed E-state index contributed by atoms with van der Waals surface area (Å²) < 4.78 is 20.5. The van der Waals surface area contributed by atoms with Crippen molar-refractivity contribution in [3.05, 3.63) is 46.0 Å². The molecule has 0 unspecified atom stereocenters. The van der Waals surface area contributed by atoms with Crippen molar-refractivity contribution in [1.29, 1.82) is 0 Å². The predicted octanol–water partition coefficient (Wildman–Crippen LogP) is 2.53. The minimum atomic E-state index is -0.439. The van der Waals surface area contributed by atoms with E-state index in [2.05, 4.69) is 5.10 Å². The van der Waals surface area contributed by atoms with Crippen LogP contribution < -0.4 is 10.3 Å². The van der Waals surface area contributed by atoms with E-state index in [-0.39, 0.29) is 11.3 Å². The zero-order chi connectivity index (χ0) is 17.3. The van der Waals surface area contributed by atoms with Gasteiger partial charge in [-0.25, -0.2) is 9.07 Å². The third kappa shape index (κ3) is 3.64. The number of ether oxygens (including phenoxy) is 1. The number of aromatic nitrogens is 2. The van der Waals surface area contributed by atoms with Gasteiger partial charge in [0.1, 0.15) is 0 Å². The monoisotopic (exact) mass is 331 g/mol. The molecule has 1 aliphatic rings. The van der Waals surface area contributed by atoms with E-state index >= 15 is 0 Å². The highest BCUT2D eigenvalue weighted by Gasteiger charge is 2.24. The topological polar surface area (TPSA) is 47.4 Å². The first-order chi connectivity index (χ1) is 11.5. The van der Waals surface area contributed by atoms with Gasteiger partial charge in [-0.15, -0.1) is 0 Å². The largest absolute Gasteiger partial charge is 0.494 e. The average molecular weight is 331 g/mol. The summed E-state index contributed by atoms with van der Waals surface area (Å²) in [5, 5.41) is 4.47. The van der Waals surface area contributed by atoms with Crippen LogP contribution in [0.2, 0.25) is 0 Å². The first-order valence-electron chi connectivity index (χ1n) is 8.07. The van der Waals surface area contributed by atoms with Gasteiger partial charge >= 0.3 is 0 Å². The maximum atomic E-state index is 14.0. The SMILES string of the molecule is COc1ccc(-c2cc(CN(C)C)c(=O)n(CC3CC3)n2)cc1F. The van der Waals surface area contributed by atoms with Gasteiger partial charge < -0.3 is 9.64 Å². The molecule has 0 saturated heterocycles. The van der Waals surface area contributed by atoms with Gasteiger partial charge in [-0.05, 0) is 57.1 Å². The Bertz CT molecular complexity index is 769. The molecule has 0 bridgehead atoms. The lowest BCUT2D eigenvalue weighted by atomic mass is 10.1. The Morgan fingerprint density at radius 2 is 2.08 bits per heavy atom. The van der Waals surface area contributed by atoms with E-state index in [9.17, 15) is 9.18 Å². The fourth-order valence-electron chi connectivity index (χ4n) is 2.69. The lowest BCUT2D eigenvalue weighted by molar-refractivity contribution is 0.386. The molecule has 0 amide bonds. The van der Waals surface area contributed by atoms with Crippen molar-refractivity contribution in [3.63, 3.8) is 0 Å². The molecular weight excluding hydrogens is 309 g/mol. The molecule has 1 aromatic heterocycles. The van der Waals surface area contributed by atoms with Crippen LogP contribution in [0.1, 0.15) is 18.4 Å². The van der Waals surface area contributed by atoms with Crippen LogP contribution >= 0.6 is 0 Å². The highest BCUT2D eigenvalue weighted by molar-refractivity contribution is 5.60. The van der Waals surface area contributed by atoms with E-state index < -0.39 is 5.82 Å². The van der Waals surface area contributed by atoms with E-state index in [0.29, 0.717) is 35.8 Å². The number of hydrogen-bond acceptors (Lipinski definition) is 4. The molecule has 1 saturated carbocycles. The van der Waals surface area contributed by atoms with Crippen molar-refractivity contribution >= 4 is 0 Å². The van der Waals surface area contributed by atoms with E-state index in [4.69, 9.17) is 4.74 Å². The van der Waals surface area contributed by atoms with Crippen LogP contribution in [-0.2, 0) is 13.1 Å². The summed E-state index contributed by atoms with van der Waals surface area (Å²) in [6.07, 6.45) is 2.27. The summed E-state index contributed by atoms with van der Waals surface area (Å²) >= 11 is 0. The van der Waals surface area contributed by atoms with E-state index in [0.717, 1.165) is 12.8 Å². The summed E-state index contributed by atoms with van der Waals surface area (Å²) in [4.78, 5) is 14.5. The molecule has 1 aliphatic carbocycles. The Kier molecular flexibility index (Phi) is 4.66. The molecule has 24 heavy (non-hydrogen) atoms. The number of benzene rings is 1. The first-order valence-corrected chi connectivity index (χ1v) is 8.07. The number of methoxy groups -OCH3 is 1. The smallest absolute Gasteiger partial charge is 0.271 e. The van der Waals surface area contributed by atoms with Gasteiger partial charge in [0.05, 0.1) is 12.8 Å². The Labute approximate surface area is 140 Å². The Hall–Kier alpha value is -2.21. The molecule has 0 spiro atoms. The number of hydrogen-bond donors (Lipinski definition) is 0. The Morgan fingerprint density at radius 1 is 1.33 bits per heavy atom. The van der Waals surface area contributed by atoms with Crippen molar-refractivity contribution in [2.24, 2.45) is 5.92 Å². The zero-order valence-electron chi connectivity index (χ0n) is 14.3. The maximum Gasteiger partial charge on any atom is 0.271 e. The molecule has 3 rings (SSSR count). The third-order valence-corrected chi connectivity index (χ3v) is 4.11. The van der Waals surface area contributed by atoms with Crippen LogP contribution in [0.25, 0.3) is 11.3 Å². The van der Waals surface area contributed by atoms with Gasteiger partial charge in [-0.1, -0.05) is 0 Å². The number of halogens is 1. The van der Waals surface area contributed by atoms with E-state index in [1.807, 2.05) is 19.0 Å². The van der Waals surface area contributed by atoms with Crippen molar-refractivity contribution in [3.8, 4) is 17.0 Å². The van der Waals surface area contributed by atoms with Gasteiger partial charge in [0.2, 0.25) is 0 Å². The molecule has 0 aliphatic heterocycles. The lowest BCUT2D eigenvalue weighted by Crippen LogP contribution is -2.30. The fourth-order valence-corrected chi connectivity index (χ4v) is 2.69. The van der Waals surface area contributed by atoms with Crippen LogP contribution in [0, 0.1) is 11.7 Å². The van der Waals surface area contributed by atoms with Gasteiger partial charge in [0.15, 0.2) is 11.6 Å². The zero-order valence-corrected chi connectivity index (χ0v) is 14.3. The molecule has 0 radical (unpaired) electrons. The molecule has 1 heterocycles. The van der Waals surface area contributed by atoms with E-state index in [1.165, 1.54) is 17.9 Å². The van der Waals surface area contributed by atoms with Gasteiger partial charge in [0, 0.05) is 24.2 Å². The molecule has 2 aromatic rings. The van der Waals surface area contributed by atoms with Crippen molar-refractivity contribution < 1.29 is 9.13 Å². The second-order valence-electron chi connectivity index (χ2n) is 6.57. The molecule has 1 aromatic carbocycles. The molecule has 1 fully saturated rings. The molecule has 6 heteroatoms. The molecule has 128 valence electrons. The third-order valence-electron chi connectivity index (χ3n) is 4.11. The number of nitrogens with zero attached hydrogens (tertiary/aromatic N) is 3. The second kappa shape index (κ2) is 6.73. The van der Waals surface area contributed by atoms with Crippen molar-refractivity contribution in [1.82, 2.24) is 14.7 Å². The molecule has 5 nitrogen and oxygen atoms in total. The van der Waals surface area contributed by atoms with E-state index in [1.54, 1.807) is 18.2 Å². The van der Waals surface area contributed by atoms with Gasteiger partial charge in [-0.2, -0.15) is 5.10 Å². The summed E-state index contributed by atoms with van der Waals surface area (Å²) in [5.74, 6) is 0.287. The molecule has 0 N–H and O–H groups in total. The quantitative estimate of drug-likeness (QED) is 0.816. The van der Waals surface area contributed by atoms with Gasteiger partial charge in [-0.3, -0.25) is 4.79 Å². The lowest BCUT2D eigenvalue weighted by Gasteiger charge is -2.14. The van der Waals surface area contributed by atoms with Crippen LogP contribution in [-0.4, -0.2) is 35.9 Å². The van der Waals surface area contributed by atoms with Crippen LogP contribution in [0.5, 0.6) is 5.75 Å². The maximum absolute atomic E-state index is 14.0. The van der Waals surface area contributed by atoms with Gasteiger partial charge in [0.25, 0.3) is 5.56 Å². The van der Waals surface area contributed by atoms with Crippen molar-refractivity contribution in [2.75, 3.05) is 21.2 Å². The average Bonchev–Trinajstić information content (AvgIpc) is 3.34. The standard InChI is InChI=1S/C18H22FN3O2/c1-21(2)11-14-9-16(13-6-7-17(24-3)15(19)8-13)20-22(18(14)23)10-12-4-5-12/h6-9,12H,4-5,10-11H2,1-3H3. The fraction of sp³-hybridized carbons (Fsp3) is 0.444. The first kappa shape index (κ1) is 16.6. The minimum absolute atomic E-state index is 0.0617. The number of rotatable bonds is 6. The summed E-state index contributed by atoms with van der Waals surface area (Å²) in [6.45, 7) is 1.16. The highest BCUT2D eigenvalue weighted by Crippen LogP contribution is 2.30. The summed E-state index contributed by atoms with van der Waals surface area (Å²) in [6, 6.07) is 6.49. The van der Waals surface area contributed by atoms with Crippen molar-refractivity contribution in [2.45, 2.75) is 25.9 Å². The van der Waals surface area contributed by atoms with Crippen LogP contribution in [0.3, 0.4) is 0 Å². The molecule has 0 atom stereocenters. The second-order valence-corrected chi connectivity index (χ2v) is 6.57. The summed E-state index contributed by atoms with van der Waals surface area (Å²) in [5.41, 5.74) is 1.85. The van der Waals surface area contributed by atoms with Crippen LogP contribution in [0.15, 0.2) is 29.1 Å². The normalized spacial score (nSPS) is 14.2. The summed E-state index contributed by atoms with van der Waals surface area (Å²) in [7, 11) is 5.26. The Morgan fingerprint density at radius 3 is 2.67 bits per heavy atom. The Balaban J connectivity index is 2.05.